The van der Waals surface area contributed by atoms with Crippen LogP contribution in [0.2, 0.25) is 0 Å². The summed E-state index contributed by atoms with van der Waals surface area (Å²) in [7, 11) is 5.18. The van der Waals surface area contributed by atoms with Crippen molar-refractivity contribution in [3.63, 3.8) is 0 Å². The zero-order valence-corrected chi connectivity index (χ0v) is 8.80. The van der Waals surface area contributed by atoms with Crippen LogP contribution < -0.4 is 0 Å². The van der Waals surface area contributed by atoms with E-state index in [0.717, 1.165) is 5.69 Å². The van der Waals surface area contributed by atoms with E-state index in [9.17, 15) is 0 Å². The maximum absolute atomic E-state index is 5.01. The fourth-order valence-corrected chi connectivity index (χ4v) is 1.09. The van der Waals surface area contributed by atoms with Gasteiger partial charge in [-0.05, 0) is 12.1 Å². The highest BCUT2D eigenvalue weighted by Crippen LogP contribution is 1.96. The van der Waals surface area contributed by atoms with Gasteiger partial charge in [0.1, 0.15) is 0 Å². The zero-order valence-electron chi connectivity index (χ0n) is 8.80. The summed E-state index contributed by atoms with van der Waals surface area (Å²) in [6.45, 7) is 0.512. The van der Waals surface area contributed by atoms with Crippen LogP contribution in [-0.2, 0) is 16.5 Å². The Labute approximate surface area is 84.2 Å². The molecule has 0 N–H and O–H groups in total. The van der Waals surface area contributed by atoms with Gasteiger partial charge in [0.2, 0.25) is 0 Å². The molecule has 0 fully saturated rings. The summed E-state index contributed by atoms with van der Waals surface area (Å²) in [5.74, 6) is 0. The molecule has 0 aliphatic rings. The average Bonchev–Trinajstić information content (AvgIpc) is 2.59. The van der Waals surface area contributed by atoms with Gasteiger partial charge in [-0.3, -0.25) is 4.99 Å². The molecule has 1 heterocycles. The molecule has 0 saturated carbocycles. The molecule has 0 aromatic carbocycles. The molecule has 14 heavy (non-hydrogen) atoms. The second kappa shape index (κ2) is 5.57. The van der Waals surface area contributed by atoms with Gasteiger partial charge in [0.25, 0.3) is 0 Å². The number of ether oxygens (including phenoxy) is 2. The van der Waals surface area contributed by atoms with Gasteiger partial charge in [-0.2, -0.15) is 0 Å². The Morgan fingerprint density at radius 2 is 2.21 bits per heavy atom. The molecule has 78 valence electrons. The monoisotopic (exact) mass is 196 g/mol. The number of methoxy groups -OCH3 is 2. The van der Waals surface area contributed by atoms with Gasteiger partial charge in [-0.15, -0.1) is 0 Å². The molecule has 0 atom stereocenters. The van der Waals surface area contributed by atoms with Gasteiger partial charge in [0.05, 0.1) is 12.2 Å². The number of rotatable bonds is 5. The van der Waals surface area contributed by atoms with Gasteiger partial charge in [-0.25, -0.2) is 0 Å². The summed E-state index contributed by atoms with van der Waals surface area (Å²) in [6.07, 6.45) is 3.53. The lowest BCUT2D eigenvalue weighted by atomic mass is 10.4. The number of aliphatic imine (C=N–C) groups is 1. The summed E-state index contributed by atoms with van der Waals surface area (Å²) >= 11 is 0. The minimum Gasteiger partial charge on any atom is -0.354 e. The molecule has 0 radical (unpaired) electrons. The van der Waals surface area contributed by atoms with E-state index in [1.165, 1.54) is 0 Å². The van der Waals surface area contributed by atoms with E-state index in [1.807, 2.05) is 36.2 Å². The van der Waals surface area contributed by atoms with Crippen molar-refractivity contribution in [3.8, 4) is 0 Å². The Balaban J connectivity index is 2.45. The predicted molar refractivity (Wildman–Crippen MR) is 55.7 cm³/mol. The summed E-state index contributed by atoms with van der Waals surface area (Å²) in [5.41, 5.74) is 1.07. The van der Waals surface area contributed by atoms with Gasteiger partial charge in [0.15, 0.2) is 6.29 Å². The highest BCUT2D eigenvalue weighted by Gasteiger charge is 2.01. The fourth-order valence-electron chi connectivity index (χ4n) is 1.09. The summed E-state index contributed by atoms with van der Waals surface area (Å²) in [6, 6.07) is 3.98. The van der Waals surface area contributed by atoms with E-state index >= 15 is 0 Å². The molecule has 1 rings (SSSR count). The first-order valence-corrected chi connectivity index (χ1v) is 4.44. The third-order valence-electron chi connectivity index (χ3n) is 1.99. The molecule has 0 amide bonds. The standard InChI is InChI=1S/C10H16N2O2/c1-12-6-4-5-9(12)7-11-8-10(13-2)14-3/h4-7,10H,8H2,1-3H3/b11-7-. The first kappa shape index (κ1) is 10.9. The molecule has 1 aromatic rings. The SMILES string of the molecule is COC(C/N=C\c1cccn1C)OC. The molecule has 0 unspecified atom stereocenters. The summed E-state index contributed by atoms with van der Waals surface area (Å²) in [4.78, 5) is 4.22. The van der Waals surface area contributed by atoms with Crippen LogP contribution >= 0.6 is 0 Å². The number of nitrogens with zero attached hydrogens (tertiary/aromatic N) is 2. The molecule has 1 aromatic heterocycles. The third kappa shape index (κ3) is 2.97. The van der Waals surface area contributed by atoms with E-state index in [1.54, 1.807) is 14.2 Å². The van der Waals surface area contributed by atoms with Crippen LogP contribution in [0.5, 0.6) is 0 Å². The van der Waals surface area contributed by atoms with Gasteiger partial charge >= 0.3 is 0 Å². The minimum absolute atomic E-state index is 0.258. The van der Waals surface area contributed by atoms with Gasteiger partial charge in [0, 0.05) is 33.7 Å². The van der Waals surface area contributed by atoms with Crippen molar-refractivity contribution in [1.82, 2.24) is 4.57 Å². The van der Waals surface area contributed by atoms with Crippen molar-refractivity contribution in [2.75, 3.05) is 20.8 Å². The topological polar surface area (TPSA) is 35.8 Å². The lowest BCUT2D eigenvalue weighted by Crippen LogP contribution is -2.16. The number of hydrogen-bond donors (Lipinski definition) is 0. The second-order valence-corrected chi connectivity index (χ2v) is 2.94. The summed E-state index contributed by atoms with van der Waals surface area (Å²) in [5, 5.41) is 0. The molecule has 4 heteroatoms. The Morgan fingerprint density at radius 3 is 2.71 bits per heavy atom. The number of hydrogen-bond acceptors (Lipinski definition) is 3. The van der Waals surface area contributed by atoms with Gasteiger partial charge in [-0.1, -0.05) is 0 Å². The van der Waals surface area contributed by atoms with Crippen molar-refractivity contribution in [1.29, 1.82) is 0 Å². The normalized spacial score (nSPS) is 11.7. The molecule has 0 saturated heterocycles. The highest BCUT2D eigenvalue weighted by atomic mass is 16.7. The van der Waals surface area contributed by atoms with Crippen LogP contribution in [0.1, 0.15) is 5.69 Å². The third-order valence-corrected chi connectivity index (χ3v) is 1.99. The van der Waals surface area contributed by atoms with Gasteiger partial charge < -0.3 is 14.0 Å². The Hall–Kier alpha value is -1.13. The minimum atomic E-state index is -0.258. The van der Waals surface area contributed by atoms with Crippen molar-refractivity contribution in [3.05, 3.63) is 24.0 Å². The maximum Gasteiger partial charge on any atom is 0.176 e. The zero-order chi connectivity index (χ0) is 10.4. The average molecular weight is 196 g/mol. The summed E-state index contributed by atoms with van der Waals surface area (Å²) < 4.78 is 12.0. The number of aromatic nitrogens is 1. The first-order valence-electron chi connectivity index (χ1n) is 4.44. The van der Waals surface area contributed by atoms with E-state index in [2.05, 4.69) is 4.99 Å². The quantitative estimate of drug-likeness (QED) is 0.521. The maximum atomic E-state index is 5.01. The lowest BCUT2D eigenvalue weighted by molar-refractivity contribution is -0.0936. The van der Waals surface area contributed by atoms with Crippen molar-refractivity contribution in [2.24, 2.45) is 12.0 Å². The van der Waals surface area contributed by atoms with Crippen LogP contribution in [0, 0.1) is 0 Å². The second-order valence-electron chi connectivity index (χ2n) is 2.94. The molecule has 0 aliphatic heterocycles. The molecular formula is C10H16N2O2. The molecule has 0 bridgehead atoms. The Bertz CT molecular complexity index is 290. The molecule has 4 nitrogen and oxygen atoms in total. The highest BCUT2D eigenvalue weighted by molar-refractivity contribution is 5.77. The predicted octanol–water partition coefficient (Wildman–Crippen LogP) is 1.06. The Kier molecular flexibility index (Phi) is 4.35. The van der Waals surface area contributed by atoms with Crippen molar-refractivity contribution >= 4 is 6.21 Å². The van der Waals surface area contributed by atoms with Crippen LogP contribution in [-0.4, -0.2) is 37.8 Å². The van der Waals surface area contributed by atoms with Crippen LogP contribution in [0.3, 0.4) is 0 Å². The number of aryl methyl sites for hydroxylation is 1. The Morgan fingerprint density at radius 1 is 1.50 bits per heavy atom. The lowest BCUT2D eigenvalue weighted by Gasteiger charge is -2.09. The van der Waals surface area contributed by atoms with Crippen LogP contribution in [0.25, 0.3) is 0 Å². The van der Waals surface area contributed by atoms with E-state index in [4.69, 9.17) is 9.47 Å². The van der Waals surface area contributed by atoms with Crippen molar-refractivity contribution < 1.29 is 9.47 Å². The largest absolute Gasteiger partial charge is 0.354 e. The van der Waals surface area contributed by atoms with Crippen LogP contribution in [0.4, 0.5) is 0 Å². The smallest absolute Gasteiger partial charge is 0.176 e. The van der Waals surface area contributed by atoms with E-state index < -0.39 is 0 Å². The van der Waals surface area contributed by atoms with Crippen molar-refractivity contribution in [2.45, 2.75) is 6.29 Å². The van der Waals surface area contributed by atoms with E-state index in [0.29, 0.717) is 6.54 Å². The molecule has 0 spiro atoms. The van der Waals surface area contributed by atoms with E-state index in [-0.39, 0.29) is 6.29 Å². The first-order chi connectivity index (χ1) is 6.77. The van der Waals surface area contributed by atoms with Crippen LogP contribution in [0.15, 0.2) is 23.3 Å². The molecule has 0 aliphatic carbocycles. The fraction of sp³-hybridized carbons (Fsp3) is 0.500. The molecular weight excluding hydrogens is 180 g/mol.